The minimum Gasteiger partial charge on any atom is -0.505 e. The number of halogens is 5. The van der Waals surface area contributed by atoms with Crippen molar-refractivity contribution in [2.24, 2.45) is 0 Å². The first-order chi connectivity index (χ1) is 14.2. The van der Waals surface area contributed by atoms with Crippen LogP contribution in [0, 0.1) is 11.6 Å². The molecular weight excluding hydrogens is 421 g/mol. The standard InChI is InChI=1S/C22H20F5NO3/c1-20(2,13-6-7-18(30)16(24)10-13)11-21(31,22(25,26)27)12-28-9-8-17(29)14-4-3-5-15(23)19(14)28/h3-10,30-31H,11-12H2,1-2H3. The third kappa shape index (κ3) is 4.27. The maximum atomic E-state index is 14.4. The second-order valence-corrected chi connectivity index (χ2v) is 8.20. The maximum Gasteiger partial charge on any atom is 0.418 e. The first-order valence-corrected chi connectivity index (χ1v) is 9.31. The third-order valence-corrected chi connectivity index (χ3v) is 5.37. The third-order valence-electron chi connectivity index (χ3n) is 5.37. The Hall–Kier alpha value is -2.94. The van der Waals surface area contributed by atoms with E-state index in [1.54, 1.807) is 0 Å². The monoisotopic (exact) mass is 441 g/mol. The van der Waals surface area contributed by atoms with Gasteiger partial charge in [0.25, 0.3) is 0 Å². The molecule has 0 fully saturated rings. The number of fused-ring (bicyclic) bond motifs is 1. The summed E-state index contributed by atoms with van der Waals surface area (Å²) in [5, 5.41) is 20.0. The van der Waals surface area contributed by atoms with E-state index >= 15 is 0 Å². The first-order valence-electron chi connectivity index (χ1n) is 9.31. The summed E-state index contributed by atoms with van der Waals surface area (Å²) in [6.07, 6.45) is -5.02. The highest BCUT2D eigenvalue weighted by molar-refractivity contribution is 5.79. The Balaban J connectivity index is 2.09. The fraction of sp³-hybridized carbons (Fsp3) is 0.318. The highest BCUT2D eigenvalue weighted by Gasteiger charge is 2.56. The van der Waals surface area contributed by atoms with Crippen molar-refractivity contribution in [3.63, 3.8) is 0 Å². The van der Waals surface area contributed by atoms with Crippen molar-refractivity contribution in [1.29, 1.82) is 0 Å². The van der Waals surface area contributed by atoms with E-state index in [-0.39, 0.29) is 16.5 Å². The molecule has 0 radical (unpaired) electrons. The van der Waals surface area contributed by atoms with Crippen LogP contribution in [0.3, 0.4) is 0 Å². The Morgan fingerprint density at radius 3 is 2.29 bits per heavy atom. The van der Waals surface area contributed by atoms with Crippen LogP contribution in [0.4, 0.5) is 22.0 Å². The molecule has 0 amide bonds. The van der Waals surface area contributed by atoms with Gasteiger partial charge in [0.1, 0.15) is 5.82 Å². The normalized spacial score (nSPS) is 14.6. The van der Waals surface area contributed by atoms with Gasteiger partial charge in [0.2, 0.25) is 0 Å². The largest absolute Gasteiger partial charge is 0.505 e. The number of nitrogens with zero attached hydrogens (tertiary/aromatic N) is 1. The van der Waals surface area contributed by atoms with Crippen LogP contribution in [0.1, 0.15) is 25.8 Å². The van der Waals surface area contributed by atoms with E-state index in [1.165, 1.54) is 32.0 Å². The van der Waals surface area contributed by atoms with Gasteiger partial charge in [0.15, 0.2) is 22.6 Å². The summed E-state index contributed by atoms with van der Waals surface area (Å²) in [6, 6.07) is 7.75. The van der Waals surface area contributed by atoms with E-state index in [1.807, 2.05) is 0 Å². The fourth-order valence-corrected chi connectivity index (χ4v) is 3.75. The van der Waals surface area contributed by atoms with E-state index in [9.17, 15) is 37.0 Å². The SMILES string of the molecule is CC(C)(CC(O)(Cn1ccc(=O)c2cccc(F)c21)C(F)(F)F)c1ccc(O)c(F)c1. The second kappa shape index (κ2) is 7.64. The Labute approximate surface area is 174 Å². The lowest BCUT2D eigenvalue weighted by atomic mass is 9.74. The summed E-state index contributed by atoms with van der Waals surface area (Å²) in [4.78, 5) is 12.0. The number of aromatic nitrogens is 1. The van der Waals surface area contributed by atoms with Crippen molar-refractivity contribution < 1.29 is 32.2 Å². The molecule has 0 aliphatic heterocycles. The van der Waals surface area contributed by atoms with Crippen LogP contribution < -0.4 is 5.43 Å². The predicted molar refractivity (Wildman–Crippen MR) is 105 cm³/mol. The molecule has 1 heterocycles. The van der Waals surface area contributed by atoms with Gasteiger partial charge in [-0.3, -0.25) is 4.79 Å². The van der Waals surface area contributed by atoms with Gasteiger partial charge in [-0.1, -0.05) is 26.0 Å². The van der Waals surface area contributed by atoms with Crippen LogP contribution in [-0.4, -0.2) is 26.6 Å². The minimum atomic E-state index is -5.12. The summed E-state index contributed by atoms with van der Waals surface area (Å²) in [5.74, 6) is -2.56. The number of para-hydroxylation sites is 1. The molecule has 0 saturated heterocycles. The van der Waals surface area contributed by atoms with Crippen LogP contribution in [0.25, 0.3) is 10.9 Å². The topological polar surface area (TPSA) is 62.5 Å². The van der Waals surface area contributed by atoms with Gasteiger partial charge >= 0.3 is 6.18 Å². The first kappa shape index (κ1) is 22.7. The average molecular weight is 441 g/mol. The van der Waals surface area contributed by atoms with Gasteiger partial charge in [-0.05, 0) is 41.7 Å². The Kier molecular flexibility index (Phi) is 5.60. The molecule has 166 valence electrons. The van der Waals surface area contributed by atoms with Gasteiger partial charge in [0, 0.05) is 17.6 Å². The van der Waals surface area contributed by atoms with E-state index < -0.39 is 53.0 Å². The van der Waals surface area contributed by atoms with Gasteiger partial charge < -0.3 is 14.8 Å². The molecule has 31 heavy (non-hydrogen) atoms. The molecule has 2 N–H and O–H groups in total. The molecule has 3 aromatic rings. The molecule has 3 rings (SSSR count). The molecule has 9 heteroatoms. The number of pyridine rings is 1. The zero-order valence-electron chi connectivity index (χ0n) is 16.7. The number of rotatable bonds is 5. The summed E-state index contributed by atoms with van der Waals surface area (Å²) in [5.41, 5.74) is -5.52. The summed E-state index contributed by atoms with van der Waals surface area (Å²) < 4.78 is 71.1. The average Bonchev–Trinajstić information content (AvgIpc) is 2.65. The highest BCUT2D eigenvalue weighted by Crippen LogP contribution is 2.43. The molecule has 0 aliphatic rings. The van der Waals surface area contributed by atoms with E-state index in [4.69, 9.17) is 0 Å². The molecule has 0 saturated carbocycles. The molecule has 4 nitrogen and oxygen atoms in total. The van der Waals surface area contributed by atoms with E-state index in [0.29, 0.717) is 0 Å². The number of alkyl halides is 3. The van der Waals surface area contributed by atoms with Gasteiger partial charge in [-0.15, -0.1) is 0 Å². The van der Waals surface area contributed by atoms with Crippen LogP contribution in [0.5, 0.6) is 5.75 Å². The number of phenolic OH excluding ortho intramolecular Hbond substituents is 1. The van der Waals surface area contributed by atoms with Crippen LogP contribution in [0.2, 0.25) is 0 Å². The smallest absolute Gasteiger partial charge is 0.418 e. The van der Waals surface area contributed by atoms with E-state index in [2.05, 4.69) is 0 Å². The Bertz CT molecular complexity index is 1190. The summed E-state index contributed by atoms with van der Waals surface area (Å²) >= 11 is 0. The Morgan fingerprint density at radius 2 is 1.68 bits per heavy atom. The number of benzene rings is 2. The van der Waals surface area contributed by atoms with Crippen LogP contribution in [0.15, 0.2) is 53.5 Å². The van der Waals surface area contributed by atoms with E-state index in [0.717, 1.165) is 35.0 Å². The Morgan fingerprint density at radius 1 is 1.00 bits per heavy atom. The molecule has 2 aromatic carbocycles. The zero-order chi connectivity index (χ0) is 23.2. The highest BCUT2D eigenvalue weighted by atomic mass is 19.4. The maximum absolute atomic E-state index is 14.4. The fourth-order valence-electron chi connectivity index (χ4n) is 3.75. The second-order valence-electron chi connectivity index (χ2n) is 8.20. The molecule has 1 aromatic heterocycles. The number of hydrogen-bond acceptors (Lipinski definition) is 3. The number of aromatic hydroxyl groups is 1. The summed E-state index contributed by atoms with van der Waals surface area (Å²) in [6.45, 7) is 1.69. The zero-order valence-corrected chi connectivity index (χ0v) is 16.7. The van der Waals surface area contributed by atoms with Gasteiger partial charge in [-0.2, -0.15) is 13.2 Å². The van der Waals surface area contributed by atoms with Gasteiger partial charge in [-0.25, -0.2) is 8.78 Å². The lowest BCUT2D eigenvalue weighted by Crippen LogP contribution is -2.52. The van der Waals surface area contributed by atoms with Gasteiger partial charge in [0.05, 0.1) is 12.1 Å². The molecule has 1 unspecified atom stereocenters. The molecule has 0 bridgehead atoms. The summed E-state index contributed by atoms with van der Waals surface area (Å²) in [7, 11) is 0. The van der Waals surface area contributed by atoms with Crippen LogP contribution >= 0.6 is 0 Å². The lowest BCUT2D eigenvalue weighted by Gasteiger charge is -2.38. The quantitative estimate of drug-likeness (QED) is 0.567. The lowest BCUT2D eigenvalue weighted by molar-refractivity contribution is -0.271. The van der Waals surface area contributed by atoms with Crippen molar-refractivity contribution in [3.8, 4) is 5.75 Å². The predicted octanol–water partition coefficient (Wildman–Crippen LogP) is 4.65. The number of phenols is 1. The molecule has 0 aliphatic carbocycles. The molecule has 0 spiro atoms. The van der Waals surface area contributed by atoms with Crippen molar-refractivity contribution in [3.05, 3.63) is 76.1 Å². The van der Waals surface area contributed by atoms with Crippen molar-refractivity contribution in [2.75, 3.05) is 0 Å². The molecular formula is C22H20F5NO3. The molecule has 1 atom stereocenters. The van der Waals surface area contributed by atoms with Crippen LogP contribution in [-0.2, 0) is 12.0 Å². The van der Waals surface area contributed by atoms with Crippen molar-refractivity contribution in [1.82, 2.24) is 4.57 Å². The number of hydrogen-bond donors (Lipinski definition) is 2. The van der Waals surface area contributed by atoms with Crippen molar-refractivity contribution >= 4 is 10.9 Å². The number of aliphatic hydroxyl groups is 1. The van der Waals surface area contributed by atoms with Crippen molar-refractivity contribution in [2.45, 2.75) is 44.0 Å². The minimum absolute atomic E-state index is 0.119.